The van der Waals surface area contributed by atoms with Gasteiger partial charge in [0.25, 0.3) is 5.78 Å². The summed E-state index contributed by atoms with van der Waals surface area (Å²) in [4.78, 5) is 10.8. The number of halogens is 1. The maximum Gasteiger partial charge on any atom is 0.257 e. The first-order valence-corrected chi connectivity index (χ1v) is 10.4. The lowest BCUT2D eigenvalue weighted by atomic mass is 10.1. The van der Waals surface area contributed by atoms with Gasteiger partial charge in [-0.3, -0.25) is 9.38 Å². The molecule has 0 unspecified atom stereocenters. The molecule has 3 aromatic heterocycles. The van der Waals surface area contributed by atoms with Gasteiger partial charge in [-0.05, 0) is 38.3 Å². The van der Waals surface area contributed by atoms with Crippen molar-refractivity contribution in [3.8, 4) is 17.6 Å². The van der Waals surface area contributed by atoms with Gasteiger partial charge in [0.05, 0.1) is 41.2 Å². The monoisotopic (exact) mass is 414 g/mol. The van der Waals surface area contributed by atoms with E-state index in [2.05, 4.69) is 27.0 Å². The summed E-state index contributed by atoms with van der Waals surface area (Å²) in [6.45, 7) is 2.99. The summed E-state index contributed by atoms with van der Waals surface area (Å²) >= 11 is 0. The Morgan fingerprint density at radius 2 is 2.10 bits per heavy atom. The van der Waals surface area contributed by atoms with Crippen molar-refractivity contribution in [3.05, 3.63) is 47.8 Å². The van der Waals surface area contributed by atoms with Crippen molar-refractivity contribution >= 4 is 28.2 Å². The standard InChI is InChI=1S/C23H19FN6O/c1-14-27-28-23-26-22(20-17(24)12-25-13-19(20)30(14)23)29-10-3-11-31-21-16(4-2-5-18(21)29)9-8-15-6-7-15/h2,4-5,12-13,15H,3,6-7,10-11H2,1H3. The van der Waals surface area contributed by atoms with Crippen LogP contribution in [0.3, 0.4) is 0 Å². The summed E-state index contributed by atoms with van der Waals surface area (Å²) in [5.74, 6) is 8.88. The number of para-hydroxylation sites is 1. The predicted molar refractivity (Wildman–Crippen MR) is 114 cm³/mol. The summed E-state index contributed by atoms with van der Waals surface area (Å²) < 4.78 is 22.9. The molecule has 0 atom stereocenters. The molecule has 6 rings (SSSR count). The SMILES string of the molecule is Cc1nnc2nc(N3CCCOc4c(C#CC5CC5)cccc43)c3c(F)cncc3n12. The van der Waals surface area contributed by atoms with Crippen molar-refractivity contribution in [2.24, 2.45) is 5.92 Å². The Hall–Kier alpha value is -3.73. The molecular weight excluding hydrogens is 395 g/mol. The lowest BCUT2D eigenvalue weighted by molar-refractivity contribution is 0.322. The average molecular weight is 414 g/mol. The molecular formula is C23H19FN6O. The van der Waals surface area contributed by atoms with Crippen molar-refractivity contribution < 1.29 is 9.13 Å². The van der Waals surface area contributed by atoms with Crippen molar-refractivity contribution in [2.75, 3.05) is 18.1 Å². The number of fused-ring (bicyclic) bond motifs is 4. The number of hydrogen-bond donors (Lipinski definition) is 0. The van der Waals surface area contributed by atoms with Crippen molar-refractivity contribution in [1.82, 2.24) is 24.6 Å². The molecule has 0 N–H and O–H groups in total. The lowest BCUT2D eigenvalue weighted by Gasteiger charge is -2.25. The van der Waals surface area contributed by atoms with Crippen LogP contribution in [0, 0.1) is 30.5 Å². The number of benzene rings is 1. The predicted octanol–water partition coefficient (Wildman–Crippen LogP) is 3.80. The van der Waals surface area contributed by atoms with Crippen LogP contribution in [0.5, 0.6) is 5.75 Å². The zero-order valence-corrected chi connectivity index (χ0v) is 17.0. The van der Waals surface area contributed by atoms with Crippen LogP contribution in [0.4, 0.5) is 15.9 Å². The van der Waals surface area contributed by atoms with Crippen LogP contribution in [0.25, 0.3) is 16.7 Å². The van der Waals surface area contributed by atoms with E-state index in [0.29, 0.717) is 47.4 Å². The second kappa shape index (κ2) is 6.91. The number of aryl methyl sites for hydroxylation is 1. The number of aromatic nitrogens is 5. The van der Waals surface area contributed by atoms with Crippen LogP contribution in [-0.2, 0) is 0 Å². The minimum absolute atomic E-state index is 0.382. The van der Waals surface area contributed by atoms with Crippen molar-refractivity contribution in [3.63, 3.8) is 0 Å². The molecule has 8 heteroatoms. The van der Waals surface area contributed by atoms with E-state index in [1.807, 2.05) is 30.0 Å². The zero-order valence-electron chi connectivity index (χ0n) is 17.0. The molecule has 2 aliphatic rings. The molecule has 0 spiro atoms. The highest BCUT2D eigenvalue weighted by Crippen LogP contribution is 2.41. The Labute approximate surface area is 177 Å². The molecule has 1 aliphatic heterocycles. The minimum Gasteiger partial charge on any atom is -0.490 e. The Bertz CT molecular complexity index is 1400. The van der Waals surface area contributed by atoms with E-state index in [0.717, 1.165) is 36.3 Å². The van der Waals surface area contributed by atoms with Gasteiger partial charge in [-0.15, -0.1) is 10.2 Å². The average Bonchev–Trinajstić information content (AvgIpc) is 3.56. The van der Waals surface area contributed by atoms with Gasteiger partial charge in [-0.1, -0.05) is 17.9 Å². The molecule has 4 aromatic rings. The largest absolute Gasteiger partial charge is 0.490 e. The molecule has 0 saturated heterocycles. The van der Waals surface area contributed by atoms with Gasteiger partial charge in [0, 0.05) is 12.5 Å². The number of nitrogens with zero attached hydrogens (tertiary/aromatic N) is 6. The van der Waals surface area contributed by atoms with Crippen molar-refractivity contribution in [2.45, 2.75) is 26.2 Å². The summed E-state index contributed by atoms with van der Waals surface area (Å²) in [7, 11) is 0. The highest BCUT2D eigenvalue weighted by molar-refractivity contribution is 5.94. The van der Waals surface area contributed by atoms with Crippen LogP contribution in [0.2, 0.25) is 0 Å². The summed E-state index contributed by atoms with van der Waals surface area (Å²) in [6, 6.07) is 5.89. The van der Waals surface area contributed by atoms with Gasteiger partial charge in [0.2, 0.25) is 0 Å². The number of anilines is 2. The van der Waals surface area contributed by atoms with Gasteiger partial charge in [-0.25, -0.2) is 4.39 Å². The maximum absolute atomic E-state index is 15.1. The second-order valence-electron chi connectivity index (χ2n) is 7.88. The molecule has 31 heavy (non-hydrogen) atoms. The molecule has 1 aliphatic carbocycles. The van der Waals surface area contributed by atoms with E-state index >= 15 is 4.39 Å². The fraction of sp³-hybridized carbons (Fsp3) is 0.304. The van der Waals surface area contributed by atoms with E-state index in [-0.39, 0.29) is 0 Å². The molecule has 0 radical (unpaired) electrons. The number of rotatable bonds is 1. The highest BCUT2D eigenvalue weighted by Gasteiger charge is 2.26. The maximum atomic E-state index is 15.1. The van der Waals surface area contributed by atoms with Crippen LogP contribution in [0.15, 0.2) is 30.6 Å². The molecule has 0 amide bonds. The van der Waals surface area contributed by atoms with Gasteiger partial charge < -0.3 is 9.64 Å². The first kappa shape index (κ1) is 18.1. The van der Waals surface area contributed by atoms with Crippen molar-refractivity contribution in [1.29, 1.82) is 0 Å². The number of ether oxygens (including phenoxy) is 1. The van der Waals surface area contributed by atoms with Crippen LogP contribution in [-0.4, -0.2) is 37.7 Å². The van der Waals surface area contributed by atoms with E-state index in [1.165, 1.54) is 6.20 Å². The van der Waals surface area contributed by atoms with Crippen LogP contribution < -0.4 is 9.64 Å². The van der Waals surface area contributed by atoms with Gasteiger partial charge in [-0.2, -0.15) is 4.98 Å². The van der Waals surface area contributed by atoms with Gasteiger partial charge >= 0.3 is 0 Å². The molecule has 1 saturated carbocycles. The van der Waals surface area contributed by atoms with Gasteiger partial charge in [0.15, 0.2) is 11.6 Å². The van der Waals surface area contributed by atoms with E-state index in [1.54, 1.807) is 10.6 Å². The molecule has 1 fully saturated rings. The molecule has 4 heterocycles. The second-order valence-corrected chi connectivity index (χ2v) is 7.88. The Morgan fingerprint density at radius 1 is 1.19 bits per heavy atom. The third-order valence-electron chi connectivity index (χ3n) is 5.66. The van der Waals surface area contributed by atoms with E-state index in [9.17, 15) is 0 Å². The third kappa shape index (κ3) is 2.96. The van der Waals surface area contributed by atoms with E-state index < -0.39 is 5.82 Å². The zero-order chi connectivity index (χ0) is 20.9. The fourth-order valence-corrected chi connectivity index (χ4v) is 4.00. The smallest absolute Gasteiger partial charge is 0.257 e. The summed E-state index contributed by atoms with van der Waals surface area (Å²) in [5.41, 5.74) is 2.26. The molecule has 7 nitrogen and oxygen atoms in total. The normalized spacial score (nSPS) is 15.9. The van der Waals surface area contributed by atoms with Crippen LogP contribution in [0.1, 0.15) is 30.7 Å². The molecule has 154 valence electrons. The Balaban J connectivity index is 1.60. The third-order valence-corrected chi connectivity index (χ3v) is 5.66. The minimum atomic E-state index is -0.439. The first-order chi connectivity index (χ1) is 15.2. The first-order valence-electron chi connectivity index (χ1n) is 10.4. The van der Waals surface area contributed by atoms with Crippen LogP contribution >= 0.6 is 0 Å². The summed E-state index contributed by atoms with van der Waals surface area (Å²) in [6.07, 6.45) is 5.93. The Kier molecular flexibility index (Phi) is 4.03. The lowest BCUT2D eigenvalue weighted by Crippen LogP contribution is -2.20. The summed E-state index contributed by atoms with van der Waals surface area (Å²) in [5, 5.41) is 8.68. The fourth-order valence-electron chi connectivity index (χ4n) is 4.00. The topological polar surface area (TPSA) is 68.4 Å². The molecule has 1 aromatic carbocycles. The highest BCUT2D eigenvalue weighted by atomic mass is 19.1. The quantitative estimate of drug-likeness (QED) is 0.442. The van der Waals surface area contributed by atoms with E-state index in [4.69, 9.17) is 9.72 Å². The van der Waals surface area contributed by atoms with Gasteiger partial charge in [0.1, 0.15) is 11.6 Å². The number of hydrogen-bond acceptors (Lipinski definition) is 6. The number of pyridine rings is 1. The Morgan fingerprint density at radius 3 is 2.97 bits per heavy atom. The molecule has 0 bridgehead atoms.